The summed E-state index contributed by atoms with van der Waals surface area (Å²) in [7, 11) is 0. The maximum atomic E-state index is 2.53. The van der Waals surface area contributed by atoms with Crippen LogP contribution in [0, 0.1) is 17.8 Å². The summed E-state index contributed by atoms with van der Waals surface area (Å²) < 4.78 is 0. The predicted molar refractivity (Wildman–Crippen MR) is 119 cm³/mol. The fourth-order valence-corrected chi connectivity index (χ4v) is 4.38. The minimum Gasteiger partial charge on any atom is -0.0813 e. The molecule has 1 aliphatic carbocycles. The third kappa shape index (κ3) is 4.00. The smallest absolute Gasteiger partial charge is 0.00702 e. The number of rotatable bonds is 7. The molecule has 0 radical (unpaired) electrons. The van der Waals surface area contributed by atoms with E-state index in [2.05, 4.69) is 87.5 Å². The Balaban J connectivity index is 2.94. The lowest BCUT2D eigenvalue weighted by Gasteiger charge is -2.30. The van der Waals surface area contributed by atoms with Crippen LogP contribution in [0.3, 0.4) is 0 Å². The molecule has 0 bridgehead atoms. The monoisotopic (exact) mass is 352 g/mol. The molecule has 0 aliphatic heterocycles. The van der Waals surface area contributed by atoms with Crippen molar-refractivity contribution in [1.29, 1.82) is 0 Å². The first kappa shape index (κ1) is 21.0. The van der Waals surface area contributed by atoms with Gasteiger partial charge in [0.05, 0.1) is 0 Å². The van der Waals surface area contributed by atoms with Gasteiger partial charge in [-0.05, 0) is 74.3 Å². The van der Waals surface area contributed by atoms with Gasteiger partial charge in [-0.25, -0.2) is 0 Å². The zero-order valence-corrected chi connectivity index (χ0v) is 18.8. The van der Waals surface area contributed by atoms with Gasteiger partial charge in [-0.1, -0.05) is 87.5 Å². The van der Waals surface area contributed by atoms with Crippen molar-refractivity contribution in [3.05, 3.63) is 39.3 Å². The number of fused-ring (bicyclic) bond motifs is 1. The first-order chi connectivity index (χ1) is 12.1. The lowest BCUT2D eigenvalue weighted by Crippen LogP contribution is -2.44. The molecule has 0 N–H and O–H groups in total. The molecular formula is C26H40. The van der Waals surface area contributed by atoms with Gasteiger partial charge < -0.3 is 0 Å². The van der Waals surface area contributed by atoms with Gasteiger partial charge in [0, 0.05) is 0 Å². The molecule has 2 rings (SSSR count). The van der Waals surface area contributed by atoms with Gasteiger partial charge in [0.1, 0.15) is 0 Å². The Morgan fingerprint density at radius 3 is 1.85 bits per heavy atom. The first-order valence-electron chi connectivity index (χ1n) is 10.7. The van der Waals surface area contributed by atoms with Crippen molar-refractivity contribution >= 4 is 17.2 Å². The topological polar surface area (TPSA) is 0 Å². The second-order valence-corrected chi connectivity index (χ2v) is 9.77. The SMILES string of the molecule is CC(C)/C=C\c1c(C(C)C)c(C(C)C)cc2c1=C(CC(C)C)C=2C(C)C. The van der Waals surface area contributed by atoms with Gasteiger partial charge in [-0.15, -0.1) is 0 Å². The highest BCUT2D eigenvalue weighted by Gasteiger charge is 2.26. The lowest BCUT2D eigenvalue weighted by atomic mass is 9.74. The fraction of sp³-hybridized carbons (Fsp3) is 0.615. The maximum Gasteiger partial charge on any atom is -0.00702 e. The van der Waals surface area contributed by atoms with Gasteiger partial charge in [-0.2, -0.15) is 0 Å². The van der Waals surface area contributed by atoms with Crippen LogP contribution in [0.4, 0.5) is 0 Å². The third-order valence-electron chi connectivity index (χ3n) is 5.39. The number of hydrogen-bond donors (Lipinski definition) is 0. The molecule has 0 saturated carbocycles. The highest BCUT2D eigenvalue weighted by Crippen LogP contribution is 2.34. The van der Waals surface area contributed by atoms with Crippen molar-refractivity contribution in [2.24, 2.45) is 17.8 Å². The van der Waals surface area contributed by atoms with E-state index in [4.69, 9.17) is 0 Å². The van der Waals surface area contributed by atoms with E-state index in [0.29, 0.717) is 29.6 Å². The zero-order chi connectivity index (χ0) is 19.8. The molecule has 0 atom stereocenters. The molecule has 0 spiro atoms. The molecule has 0 amide bonds. The van der Waals surface area contributed by atoms with E-state index in [1.807, 2.05) is 0 Å². The second-order valence-electron chi connectivity index (χ2n) is 9.77. The number of benzene rings is 1. The maximum absolute atomic E-state index is 2.53. The Hall–Kier alpha value is -1.30. The standard InChI is InChI=1S/C26H40/c1-15(2)11-12-20-24(18(7)8)21(17(5)6)14-23-25(19(9)10)22(26(20)23)13-16(3)4/h11-12,14-19H,13H2,1-10H3/b12-11-. The molecule has 0 nitrogen and oxygen atoms in total. The van der Waals surface area contributed by atoms with Gasteiger partial charge in [-0.3, -0.25) is 0 Å². The van der Waals surface area contributed by atoms with E-state index in [1.165, 1.54) is 17.2 Å². The summed E-state index contributed by atoms with van der Waals surface area (Å²) in [4.78, 5) is 0. The van der Waals surface area contributed by atoms with E-state index in [9.17, 15) is 0 Å². The first-order valence-corrected chi connectivity index (χ1v) is 10.7. The minimum absolute atomic E-state index is 0.549. The van der Waals surface area contributed by atoms with Gasteiger partial charge in [0.15, 0.2) is 0 Å². The minimum atomic E-state index is 0.549. The van der Waals surface area contributed by atoms with E-state index in [-0.39, 0.29) is 0 Å². The van der Waals surface area contributed by atoms with Crippen molar-refractivity contribution in [3.8, 4) is 0 Å². The molecule has 1 aromatic carbocycles. The van der Waals surface area contributed by atoms with Crippen LogP contribution < -0.4 is 10.4 Å². The van der Waals surface area contributed by atoms with Gasteiger partial charge in [0.25, 0.3) is 0 Å². The summed E-state index contributed by atoms with van der Waals surface area (Å²) in [5, 5.41) is 3.10. The van der Waals surface area contributed by atoms with Crippen molar-refractivity contribution in [1.82, 2.24) is 0 Å². The number of allylic oxidation sites excluding steroid dienone is 1. The molecular weight excluding hydrogens is 312 g/mol. The van der Waals surface area contributed by atoms with E-state index in [0.717, 1.165) is 0 Å². The van der Waals surface area contributed by atoms with Crippen LogP contribution in [-0.4, -0.2) is 0 Å². The Morgan fingerprint density at radius 1 is 0.808 bits per heavy atom. The zero-order valence-electron chi connectivity index (χ0n) is 18.8. The predicted octanol–water partition coefficient (Wildman–Crippen LogP) is 6.62. The normalized spacial score (nSPS) is 14.6. The summed E-state index contributed by atoms with van der Waals surface area (Å²) >= 11 is 0. The summed E-state index contributed by atoms with van der Waals surface area (Å²) in [6, 6.07) is 2.53. The van der Waals surface area contributed by atoms with Crippen LogP contribution in [0.15, 0.2) is 12.1 Å². The van der Waals surface area contributed by atoms with E-state index >= 15 is 0 Å². The Bertz CT molecular complexity index is 795. The molecule has 0 fully saturated rings. The quantitative estimate of drug-likeness (QED) is 0.517. The third-order valence-corrected chi connectivity index (χ3v) is 5.39. The van der Waals surface area contributed by atoms with Gasteiger partial charge in [0.2, 0.25) is 0 Å². The summed E-state index contributed by atoms with van der Waals surface area (Å²) in [5.74, 6) is 2.99. The van der Waals surface area contributed by atoms with Crippen molar-refractivity contribution in [2.45, 2.75) is 87.5 Å². The molecule has 0 heterocycles. The van der Waals surface area contributed by atoms with Crippen molar-refractivity contribution < 1.29 is 0 Å². The van der Waals surface area contributed by atoms with Crippen LogP contribution in [0.1, 0.15) is 104 Å². The molecule has 26 heavy (non-hydrogen) atoms. The van der Waals surface area contributed by atoms with Crippen LogP contribution >= 0.6 is 0 Å². The molecule has 0 heteroatoms. The van der Waals surface area contributed by atoms with E-state index < -0.39 is 0 Å². The van der Waals surface area contributed by atoms with Crippen LogP contribution in [-0.2, 0) is 0 Å². The molecule has 0 aromatic heterocycles. The summed E-state index contributed by atoms with van der Waals surface area (Å²) in [6.07, 6.45) is 6.01. The molecule has 0 saturated heterocycles. The highest BCUT2D eigenvalue weighted by molar-refractivity contribution is 5.96. The van der Waals surface area contributed by atoms with Gasteiger partial charge >= 0.3 is 0 Å². The largest absolute Gasteiger partial charge is 0.0813 e. The molecule has 1 aliphatic rings. The Kier molecular flexibility index (Phi) is 6.59. The van der Waals surface area contributed by atoms with E-state index in [1.54, 1.807) is 27.5 Å². The van der Waals surface area contributed by atoms with Crippen LogP contribution in [0.5, 0.6) is 0 Å². The lowest BCUT2D eigenvalue weighted by molar-refractivity contribution is 0.666. The van der Waals surface area contributed by atoms with Crippen LogP contribution in [0.2, 0.25) is 0 Å². The van der Waals surface area contributed by atoms with Crippen molar-refractivity contribution in [3.63, 3.8) is 0 Å². The molecule has 144 valence electrons. The average Bonchev–Trinajstić information content (AvgIpc) is 2.48. The van der Waals surface area contributed by atoms with Crippen molar-refractivity contribution in [2.75, 3.05) is 0 Å². The van der Waals surface area contributed by atoms with Crippen LogP contribution in [0.25, 0.3) is 17.2 Å². The average molecular weight is 353 g/mol. The number of hydrogen-bond acceptors (Lipinski definition) is 0. The second kappa shape index (κ2) is 8.15. The summed E-state index contributed by atoms with van der Waals surface area (Å²) in [5.41, 5.74) is 7.87. The fourth-order valence-electron chi connectivity index (χ4n) is 4.38. The Labute approximate surface area is 162 Å². The molecule has 1 aromatic rings. The Morgan fingerprint density at radius 2 is 1.42 bits per heavy atom. The molecule has 0 unspecified atom stereocenters. The summed E-state index contributed by atoms with van der Waals surface area (Å²) in [6.45, 7) is 23.3. The highest BCUT2D eigenvalue weighted by atomic mass is 14.3.